The summed E-state index contributed by atoms with van der Waals surface area (Å²) in [5, 5.41) is 19.4. The van der Waals surface area contributed by atoms with E-state index in [-0.39, 0.29) is 11.7 Å². The Morgan fingerprint density at radius 3 is 2.87 bits per heavy atom. The van der Waals surface area contributed by atoms with Crippen LogP contribution in [-0.4, -0.2) is 45.7 Å². The van der Waals surface area contributed by atoms with Gasteiger partial charge >= 0.3 is 6.03 Å². The Balaban J connectivity index is 1.57. The Hall–Kier alpha value is -3.19. The predicted molar refractivity (Wildman–Crippen MR) is 125 cm³/mol. The van der Waals surface area contributed by atoms with E-state index in [1.54, 1.807) is 16.8 Å². The highest BCUT2D eigenvalue weighted by Crippen LogP contribution is 2.25. The second-order valence-electron chi connectivity index (χ2n) is 7.30. The van der Waals surface area contributed by atoms with Crippen molar-refractivity contribution in [3.05, 3.63) is 51.4 Å². The summed E-state index contributed by atoms with van der Waals surface area (Å²) in [7, 11) is 0. The maximum atomic E-state index is 11.9. The van der Waals surface area contributed by atoms with E-state index < -0.39 is 11.9 Å². The minimum absolute atomic E-state index is 0.159. The van der Waals surface area contributed by atoms with E-state index in [1.165, 1.54) is 0 Å². The molecule has 2 aliphatic rings. The third kappa shape index (κ3) is 4.18. The number of anilines is 3. The van der Waals surface area contributed by atoms with Gasteiger partial charge in [-0.2, -0.15) is 9.61 Å². The zero-order valence-electron chi connectivity index (χ0n) is 16.3. The molecule has 0 spiro atoms. The summed E-state index contributed by atoms with van der Waals surface area (Å²) < 4.78 is 2.82. The molecule has 2 aromatic heterocycles. The number of halogens is 1. The minimum atomic E-state index is -0.544. The molecule has 1 unspecified atom stereocenters. The summed E-state index contributed by atoms with van der Waals surface area (Å²) in [6.07, 6.45) is 4.21. The van der Waals surface area contributed by atoms with Gasteiger partial charge in [0, 0.05) is 33.5 Å². The van der Waals surface area contributed by atoms with Crippen molar-refractivity contribution in [2.24, 2.45) is 0 Å². The van der Waals surface area contributed by atoms with Crippen molar-refractivity contribution in [3.8, 4) is 0 Å². The summed E-state index contributed by atoms with van der Waals surface area (Å²) in [4.78, 5) is 28.1. The molecule has 4 heterocycles. The van der Waals surface area contributed by atoms with Crippen LogP contribution in [0.2, 0.25) is 0 Å². The lowest BCUT2D eigenvalue weighted by Gasteiger charge is -2.16. The Kier molecular flexibility index (Phi) is 5.19. The topological polar surface area (TPSA) is 124 Å². The maximum absolute atomic E-state index is 11.9. The van der Waals surface area contributed by atoms with Gasteiger partial charge in [-0.1, -0.05) is 6.07 Å². The van der Waals surface area contributed by atoms with Gasteiger partial charge in [0.15, 0.2) is 5.65 Å². The molecule has 5 rings (SSSR count). The van der Waals surface area contributed by atoms with Crippen LogP contribution in [0, 0.1) is 3.57 Å². The van der Waals surface area contributed by atoms with Crippen LogP contribution >= 0.6 is 22.6 Å². The summed E-state index contributed by atoms with van der Waals surface area (Å²) in [5.74, 6) is 0.951. The van der Waals surface area contributed by atoms with Crippen molar-refractivity contribution in [3.63, 3.8) is 0 Å². The SMILES string of the molecule is O=C1NC(=O)/C(=C/c2cnn3c(NC4CCNC4)cc(Nc4cccc(I)c4)nc23)N1. The number of rotatable bonds is 5. The standard InChI is InChI=1S/C20H19IN8O2/c21-12-2-1-3-13(7-12)24-16-8-17(25-14-4-5-22-10-14)29-18(27-16)11(9-23-29)6-15-19(30)28-20(31)26-15/h1-3,6-9,14,22,25H,4-5,10H2,(H,24,27)(H2,26,28,30,31)/b15-6-. The molecule has 5 N–H and O–H groups in total. The molecule has 1 aromatic carbocycles. The van der Waals surface area contributed by atoms with Gasteiger partial charge < -0.3 is 21.3 Å². The monoisotopic (exact) mass is 530 g/mol. The fourth-order valence-corrected chi connectivity index (χ4v) is 4.13. The quantitative estimate of drug-likeness (QED) is 0.194. The first-order valence-corrected chi connectivity index (χ1v) is 10.9. The fraction of sp³-hybridized carbons (Fsp3) is 0.200. The lowest BCUT2D eigenvalue weighted by atomic mass is 10.2. The van der Waals surface area contributed by atoms with Crippen LogP contribution in [0.3, 0.4) is 0 Å². The molecular formula is C20H19IN8O2. The lowest BCUT2D eigenvalue weighted by Crippen LogP contribution is -2.23. The van der Waals surface area contributed by atoms with Crippen LogP contribution in [0.4, 0.5) is 22.1 Å². The number of carbonyl (C=O) groups excluding carboxylic acids is 2. The fourth-order valence-electron chi connectivity index (χ4n) is 3.59. The summed E-state index contributed by atoms with van der Waals surface area (Å²) in [6, 6.07) is 9.64. The van der Waals surface area contributed by atoms with E-state index >= 15 is 0 Å². The minimum Gasteiger partial charge on any atom is -0.366 e. The first kappa shape index (κ1) is 19.8. The number of urea groups is 1. The maximum Gasteiger partial charge on any atom is 0.326 e. The van der Waals surface area contributed by atoms with Gasteiger partial charge in [0.1, 0.15) is 17.3 Å². The van der Waals surface area contributed by atoms with Gasteiger partial charge in [0.2, 0.25) is 0 Å². The number of hydrogen-bond donors (Lipinski definition) is 5. The van der Waals surface area contributed by atoms with Crippen molar-refractivity contribution < 1.29 is 9.59 Å². The number of amides is 3. The molecule has 0 saturated carbocycles. The summed E-state index contributed by atoms with van der Waals surface area (Å²) in [5.41, 5.74) is 2.25. The van der Waals surface area contributed by atoms with Gasteiger partial charge in [-0.05, 0) is 59.8 Å². The highest BCUT2D eigenvalue weighted by Gasteiger charge is 2.24. The van der Waals surface area contributed by atoms with Crippen molar-refractivity contribution in [1.29, 1.82) is 0 Å². The molecule has 1 atom stereocenters. The second kappa shape index (κ2) is 8.15. The molecular weight excluding hydrogens is 511 g/mol. The van der Waals surface area contributed by atoms with Crippen molar-refractivity contribution in [1.82, 2.24) is 30.5 Å². The van der Waals surface area contributed by atoms with Crippen molar-refractivity contribution in [2.75, 3.05) is 23.7 Å². The lowest BCUT2D eigenvalue weighted by molar-refractivity contribution is -0.115. The molecule has 3 amide bonds. The van der Waals surface area contributed by atoms with Gasteiger partial charge in [0.25, 0.3) is 5.91 Å². The number of fused-ring (bicyclic) bond motifs is 1. The average Bonchev–Trinajstić information content (AvgIpc) is 3.44. The van der Waals surface area contributed by atoms with Crippen LogP contribution in [0.5, 0.6) is 0 Å². The van der Waals surface area contributed by atoms with Crippen LogP contribution < -0.4 is 26.6 Å². The molecule has 158 valence electrons. The van der Waals surface area contributed by atoms with E-state index in [2.05, 4.69) is 54.3 Å². The third-order valence-electron chi connectivity index (χ3n) is 5.03. The molecule has 2 fully saturated rings. The molecule has 2 saturated heterocycles. The third-order valence-corrected chi connectivity index (χ3v) is 5.70. The second-order valence-corrected chi connectivity index (χ2v) is 8.54. The Morgan fingerprint density at radius 1 is 1.23 bits per heavy atom. The predicted octanol–water partition coefficient (Wildman–Crippen LogP) is 2.03. The van der Waals surface area contributed by atoms with Gasteiger partial charge in [0.05, 0.1) is 6.20 Å². The normalized spacial score (nSPS) is 19.6. The van der Waals surface area contributed by atoms with Crippen molar-refractivity contribution >= 4 is 63.6 Å². The molecule has 31 heavy (non-hydrogen) atoms. The van der Waals surface area contributed by atoms with E-state index in [1.807, 2.05) is 30.3 Å². The number of nitrogens with one attached hydrogen (secondary N) is 5. The Morgan fingerprint density at radius 2 is 2.13 bits per heavy atom. The van der Waals surface area contributed by atoms with Crippen molar-refractivity contribution in [2.45, 2.75) is 12.5 Å². The van der Waals surface area contributed by atoms with Gasteiger partial charge in [-0.15, -0.1) is 0 Å². The Bertz CT molecular complexity index is 1220. The number of hydrogen-bond acceptors (Lipinski definition) is 7. The van der Waals surface area contributed by atoms with Crippen LogP contribution in [-0.2, 0) is 4.79 Å². The number of benzene rings is 1. The smallest absolute Gasteiger partial charge is 0.326 e. The molecule has 0 radical (unpaired) electrons. The van der Waals surface area contributed by atoms with Gasteiger partial charge in [-0.25, -0.2) is 9.78 Å². The van der Waals surface area contributed by atoms with E-state index in [0.717, 1.165) is 34.6 Å². The summed E-state index contributed by atoms with van der Waals surface area (Å²) in [6.45, 7) is 1.83. The van der Waals surface area contributed by atoms with E-state index in [9.17, 15) is 9.59 Å². The number of carbonyl (C=O) groups is 2. The summed E-state index contributed by atoms with van der Waals surface area (Å²) >= 11 is 2.26. The van der Waals surface area contributed by atoms with Crippen LogP contribution in [0.25, 0.3) is 11.7 Å². The zero-order valence-corrected chi connectivity index (χ0v) is 18.4. The molecule has 0 bridgehead atoms. The average molecular weight is 530 g/mol. The van der Waals surface area contributed by atoms with Gasteiger partial charge in [-0.3, -0.25) is 10.1 Å². The highest BCUT2D eigenvalue weighted by molar-refractivity contribution is 14.1. The molecule has 11 heteroatoms. The first-order valence-electron chi connectivity index (χ1n) is 9.78. The molecule has 10 nitrogen and oxygen atoms in total. The van der Waals surface area contributed by atoms with E-state index in [0.29, 0.717) is 17.0 Å². The van der Waals surface area contributed by atoms with Crippen LogP contribution in [0.15, 0.2) is 42.2 Å². The number of imide groups is 1. The number of aromatic nitrogens is 3. The number of nitrogens with zero attached hydrogens (tertiary/aromatic N) is 3. The van der Waals surface area contributed by atoms with E-state index in [4.69, 9.17) is 4.98 Å². The first-order chi connectivity index (χ1) is 15.0. The zero-order chi connectivity index (χ0) is 21.4. The molecule has 3 aromatic rings. The highest BCUT2D eigenvalue weighted by atomic mass is 127. The van der Waals surface area contributed by atoms with Crippen LogP contribution in [0.1, 0.15) is 12.0 Å². The largest absolute Gasteiger partial charge is 0.366 e. The molecule has 2 aliphatic heterocycles. The Labute approximate surface area is 191 Å². The molecule has 0 aliphatic carbocycles.